The summed E-state index contributed by atoms with van der Waals surface area (Å²) in [5.41, 5.74) is 1.13. The Bertz CT molecular complexity index is 861. The zero-order valence-corrected chi connectivity index (χ0v) is 10.2. The molecule has 20 heavy (non-hydrogen) atoms. The van der Waals surface area contributed by atoms with Crippen LogP contribution in [0.1, 0.15) is 16.1 Å². The van der Waals surface area contributed by atoms with E-state index in [9.17, 15) is 4.79 Å². The lowest BCUT2D eigenvalue weighted by atomic mass is 10.1. The largest absolute Gasteiger partial charge is 0.478 e. The van der Waals surface area contributed by atoms with Crippen LogP contribution in [0, 0.1) is 11.3 Å². The first-order chi connectivity index (χ1) is 9.70. The van der Waals surface area contributed by atoms with Crippen LogP contribution in [0.25, 0.3) is 16.7 Å². The minimum atomic E-state index is -1.01. The quantitative estimate of drug-likeness (QED) is 0.764. The van der Waals surface area contributed by atoms with E-state index in [0.29, 0.717) is 22.4 Å². The number of carboxylic acids is 1. The predicted octanol–water partition coefficient (Wildman–Crippen LogP) is 1.99. The van der Waals surface area contributed by atoms with E-state index >= 15 is 0 Å². The van der Waals surface area contributed by atoms with E-state index in [1.54, 1.807) is 29.0 Å². The molecule has 6 heteroatoms. The van der Waals surface area contributed by atoms with Crippen LogP contribution in [0.5, 0.6) is 0 Å². The van der Waals surface area contributed by atoms with E-state index in [2.05, 4.69) is 16.0 Å². The van der Waals surface area contributed by atoms with Gasteiger partial charge in [0.2, 0.25) is 0 Å². The molecule has 0 aliphatic carbocycles. The van der Waals surface area contributed by atoms with Gasteiger partial charge in [0.05, 0.1) is 11.1 Å². The molecule has 3 rings (SSSR count). The van der Waals surface area contributed by atoms with E-state index in [0.717, 1.165) is 0 Å². The smallest absolute Gasteiger partial charge is 0.335 e. The average molecular weight is 264 g/mol. The Morgan fingerprint density at radius 2 is 2.15 bits per heavy atom. The lowest BCUT2D eigenvalue weighted by Crippen LogP contribution is -2.02. The summed E-state index contributed by atoms with van der Waals surface area (Å²) in [5.74, 6) is -0.459. The van der Waals surface area contributed by atoms with Crippen molar-refractivity contribution in [1.82, 2.24) is 14.5 Å². The van der Waals surface area contributed by atoms with Gasteiger partial charge >= 0.3 is 5.97 Å². The standard InChI is InChI=1S/C14H8N4O2/c15-7-10-2-1-5-18(10)13-11-4-3-9(14(19)20)6-12(11)16-8-17-13/h1-6,8H,(H,19,20). The van der Waals surface area contributed by atoms with Gasteiger partial charge in [-0.15, -0.1) is 0 Å². The first kappa shape index (κ1) is 11.9. The summed E-state index contributed by atoms with van der Waals surface area (Å²) >= 11 is 0. The Kier molecular flexibility index (Phi) is 2.66. The molecular weight excluding hydrogens is 256 g/mol. The Labute approximate surface area is 113 Å². The molecular formula is C14H8N4O2. The van der Waals surface area contributed by atoms with Crippen LogP contribution in [-0.4, -0.2) is 25.6 Å². The van der Waals surface area contributed by atoms with E-state index in [1.807, 2.05) is 0 Å². The lowest BCUT2D eigenvalue weighted by Gasteiger charge is -2.07. The third-order valence-electron chi connectivity index (χ3n) is 2.95. The van der Waals surface area contributed by atoms with Crippen molar-refractivity contribution in [3.63, 3.8) is 0 Å². The number of aromatic nitrogens is 3. The molecule has 0 bridgehead atoms. The molecule has 0 amide bonds. The van der Waals surface area contributed by atoms with Crippen molar-refractivity contribution >= 4 is 16.9 Å². The number of benzene rings is 1. The summed E-state index contributed by atoms with van der Waals surface area (Å²) in [6.45, 7) is 0. The summed E-state index contributed by atoms with van der Waals surface area (Å²) in [7, 11) is 0. The van der Waals surface area contributed by atoms with Gasteiger partial charge in [0, 0.05) is 11.6 Å². The molecule has 2 heterocycles. The fraction of sp³-hybridized carbons (Fsp3) is 0. The van der Waals surface area contributed by atoms with Crippen LogP contribution < -0.4 is 0 Å². The Morgan fingerprint density at radius 1 is 1.30 bits per heavy atom. The molecule has 1 aromatic carbocycles. The molecule has 6 nitrogen and oxygen atoms in total. The average Bonchev–Trinajstić information content (AvgIpc) is 2.94. The number of fused-ring (bicyclic) bond motifs is 1. The maximum Gasteiger partial charge on any atom is 0.335 e. The second-order valence-electron chi connectivity index (χ2n) is 4.11. The first-order valence-electron chi connectivity index (χ1n) is 5.76. The van der Waals surface area contributed by atoms with Gasteiger partial charge in [-0.2, -0.15) is 5.26 Å². The second-order valence-corrected chi connectivity index (χ2v) is 4.11. The third kappa shape index (κ3) is 1.78. The molecule has 0 saturated heterocycles. The molecule has 3 aromatic rings. The Morgan fingerprint density at radius 3 is 2.90 bits per heavy atom. The Hall–Kier alpha value is -3.20. The normalized spacial score (nSPS) is 10.3. The van der Waals surface area contributed by atoms with E-state index < -0.39 is 5.97 Å². The summed E-state index contributed by atoms with van der Waals surface area (Å²) in [6.07, 6.45) is 3.08. The third-order valence-corrected chi connectivity index (χ3v) is 2.95. The molecule has 0 unspecified atom stereocenters. The number of aromatic carboxylic acids is 1. The van der Waals surface area contributed by atoms with Crippen LogP contribution >= 0.6 is 0 Å². The van der Waals surface area contributed by atoms with Crippen LogP contribution in [0.3, 0.4) is 0 Å². The van der Waals surface area contributed by atoms with Gasteiger partial charge in [0.15, 0.2) is 0 Å². The van der Waals surface area contributed by atoms with E-state index in [4.69, 9.17) is 10.4 Å². The molecule has 0 spiro atoms. The van der Waals surface area contributed by atoms with Crippen molar-refractivity contribution in [2.45, 2.75) is 0 Å². The number of hydrogen-bond acceptors (Lipinski definition) is 4. The Balaban J connectivity index is 2.28. The number of carbonyl (C=O) groups is 1. The molecule has 0 aliphatic rings. The van der Waals surface area contributed by atoms with Crippen molar-refractivity contribution in [2.24, 2.45) is 0 Å². The molecule has 0 aliphatic heterocycles. The molecule has 0 fully saturated rings. The highest BCUT2D eigenvalue weighted by Crippen LogP contribution is 2.21. The summed E-state index contributed by atoms with van der Waals surface area (Å²) in [5, 5.41) is 18.7. The predicted molar refractivity (Wildman–Crippen MR) is 70.5 cm³/mol. The van der Waals surface area contributed by atoms with Gasteiger partial charge in [0.1, 0.15) is 23.9 Å². The zero-order valence-electron chi connectivity index (χ0n) is 10.2. The lowest BCUT2D eigenvalue weighted by molar-refractivity contribution is 0.0697. The van der Waals surface area contributed by atoms with Crippen molar-refractivity contribution < 1.29 is 9.90 Å². The fourth-order valence-electron chi connectivity index (χ4n) is 2.02. The number of carboxylic acid groups (broad SMARTS) is 1. The van der Waals surface area contributed by atoms with Crippen molar-refractivity contribution in [1.29, 1.82) is 5.26 Å². The van der Waals surface area contributed by atoms with E-state index in [1.165, 1.54) is 18.5 Å². The molecule has 2 aromatic heterocycles. The monoisotopic (exact) mass is 264 g/mol. The maximum absolute atomic E-state index is 11.0. The van der Waals surface area contributed by atoms with Crippen molar-refractivity contribution in [2.75, 3.05) is 0 Å². The number of nitrogens with zero attached hydrogens (tertiary/aromatic N) is 4. The van der Waals surface area contributed by atoms with Crippen molar-refractivity contribution in [3.8, 4) is 11.9 Å². The molecule has 1 N–H and O–H groups in total. The number of hydrogen-bond donors (Lipinski definition) is 1. The number of rotatable bonds is 2. The molecule has 0 atom stereocenters. The first-order valence-corrected chi connectivity index (χ1v) is 5.76. The van der Waals surface area contributed by atoms with E-state index in [-0.39, 0.29) is 5.56 Å². The fourth-order valence-corrected chi connectivity index (χ4v) is 2.02. The second kappa shape index (κ2) is 4.48. The maximum atomic E-state index is 11.0. The van der Waals surface area contributed by atoms with Crippen LogP contribution in [0.2, 0.25) is 0 Å². The van der Waals surface area contributed by atoms with Gasteiger partial charge in [-0.1, -0.05) is 0 Å². The molecule has 0 saturated carbocycles. The van der Waals surface area contributed by atoms with Crippen LogP contribution in [0.15, 0.2) is 42.9 Å². The minimum Gasteiger partial charge on any atom is -0.478 e. The van der Waals surface area contributed by atoms with Gasteiger partial charge in [0.25, 0.3) is 0 Å². The summed E-state index contributed by atoms with van der Waals surface area (Å²) in [6, 6.07) is 10.1. The van der Waals surface area contributed by atoms with Crippen molar-refractivity contribution in [3.05, 3.63) is 54.1 Å². The highest BCUT2D eigenvalue weighted by atomic mass is 16.4. The molecule has 96 valence electrons. The highest BCUT2D eigenvalue weighted by molar-refractivity contribution is 5.94. The van der Waals surface area contributed by atoms with Gasteiger partial charge in [-0.3, -0.25) is 4.57 Å². The highest BCUT2D eigenvalue weighted by Gasteiger charge is 2.11. The number of nitriles is 1. The van der Waals surface area contributed by atoms with Crippen LogP contribution in [-0.2, 0) is 0 Å². The van der Waals surface area contributed by atoms with Gasteiger partial charge < -0.3 is 5.11 Å². The minimum absolute atomic E-state index is 0.162. The summed E-state index contributed by atoms with van der Waals surface area (Å²) in [4.78, 5) is 19.2. The van der Waals surface area contributed by atoms with Gasteiger partial charge in [-0.25, -0.2) is 14.8 Å². The topological polar surface area (TPSA) is 91.8 Å². The van der Waals surface area contributed by atoms with Crippen LogP contribution in [0.4, 0.5) is 0 Å². The van der Waals surface area contributed by atoms with Gasteiger partial charge in [-0.05, 0) is 30.3 Å². The zero-order chi connectivity index (χ0) is 14.1. The summed E-state index contributed by atoms with van der Waals surface area (Å²) < 4.78 is 1.64. The SMILES string of the molecule is N#Cc1cccn1-c1ncnc2cc(C(=O)O)ccc12. The molecule has 0 radical (unpaired) electrons.